The van der Waals surface area contributed by atoms with Crippen molar-refractivity contribution in [1.82, 2.24) is 20.2 Å². The second-order valence-electron chi connectivity index (χ2n) is 7.89. The lowest BCUT2D eigenvalue weighted by Crippen LogP contribution is -2.36. The third-order valence-corrected chi connectivity index (χ3v) is 6.04. The van der Waals surface area contributed by atoms with E-state index < -0.39 is 0 Å². The molecule has 0 aliphatic carbocycles. The molecule has 0 saturated carbocycles. The molecule has 30 heavy (non-hydrogen) atoms. The molecule has 3 aromatic heterocycles. The summed E-state index contributed by atoms with van der Waals surface area (Å²) >= 11 is 0. The molecule has 1 N–H and O–H groups in total. The van der Waals surface area contributed by atoms with Crippen LogP contribution in [0.1, 0.15) is 16.7 Å². The van der Waals surface area contributed by atoms with E-state index in [0.29, 0.717) is 0 Å². The average Bonchev–Trinajstić information content (AvgIpc) is 3.31. The van der Waals surface area contributed by atoms with Crippen LogP contribution in [0.15, 0.2) is 42.7 Å². The van der Waals surface area contributed by atoms with Gasteiger partial charge in [0.05, 0.1) is 18.9 Å². The molecule has 6 nitrogen and oxygen atoms in total. The molecular weight excluding hydrogens is 374 g/mol. The highest BCUT2D eigenvalue weighted by atomic mass is 16.5. The molecule has 1 aromatic carbocycles. The third kappa shape index (κ3) is 3.23. The number of aromatic amines is 1. The number of anilines is 1. The molecule has 0 spiro atoms. The molecule has 5 rings (SSSR count). The topological polar surface area (TPSA) is 66.9 Å². The summed E-state index contributed by atoms with van der Waals surface area (Å²) in [5.41, 5.74) is 8.89. The normalized spacial score (nSPS) is 14.4. The maximum atomic E-state index is 5.56. The Morgan fingerprint density at radius 1 is 0.967 bits per heavy atom. The van der Waals surface area contributed by atoms with Crippen LogP contribution in [0.3, 0.4) is 0 Å². The lowest BCUT2D eigenvalue weighted by molar-refractivity contribution is 0.122. The van der Waals surface area contributed by atoms with Crippen molar-refractivity contribution < 1.29 is 4.74 Å². The van der Waals surface area contributed by atoms with E-state index in [9.17, 15) is 0 Å². The van der Waals surface area contributed by atoms with Crippen molar-refractivity contribution in [2.24, 2.45) is 0 Å². The van der Waals surface area contributed by atoms with Crippen molar-refractivity contribution in [2.45, 2.75) is 20.8 Å². The number of ether oxygens (including phenoxy) is 1. The quantitative estimate of drug-likeness (QED) is 0.551. The molecule has 0 amide bonds. The maximum Gasteiger partial charge on any atom is 0.130 e. The number of morpholine rings is 1. The predicted octanol–water partition coefficient (Wildman–Crippen LogP) is 4.45. The molecular formula is C24H25N5O. The van der Waals surface area contributed by atoms with Gasteiger partial charge >= 0.3 is 0 Å². The Bertz CT molecular complexity index is 1190. The standard InChI is InChI=1S/C24H25N5O/c1-15-12-18(13-16(2)17(15)3)20-14-22(29-8-10-30-11-9-29)27-23-19(20)4-6-25-24(23)21-5-7-26-28-21/h4-7,12-14H,8-11H2,1-3H3,(H,26,28). The summed E-state index contributed by atoms with van der Waals surface area (Å²) < 4.78 is 5.56. The first-order valence-electron chi connectivity index (χ1n) is 10.3. The summed E-state index contributed by atoms with van der Waals surface area (Å²) in [6.07, 6.45) is 3.60. The number of nitrogens with one attached hydrogen (secondary N) is 1. The van der Waals surface area contributed by atoms with Crippen LogP contribution in [0.2, 0.25) is 0 Å². The van der Waals surface area contributed by atoms with Gasteiger partial charge in [-0.15, -0.1) is 0 Å². The summed E-state index contributed by atoms with van der Waals surface area (Å²) in [6.45, 7) is 9.65. The third-order valence-electron chi connectivity index (χ3n) is 6.04. The van der Waals surface area contributed by atoms with E-state index in [1.165, 1.54) is 27.8 Å². The van der Waals surface area contributed by atoms with Gasteiger partial charge in [-0.25, -0.2) is 4.98 Å². The van der Waals surface area contributed by atoms with Gasteiger partial charge in [-0.05, 0) is 66.8 Å². The van der Waals surface area contributed by atoms with Gasteiger partial charge in [-0.2, -0.15) is 5.10 Å². The number of aryl methyl sites for hydroxylation is 2. The van der Waals surface area contributed by atoms with Gasteiger partial charge < -0.3 is 9.64 Å². The van der Waals surface area contributed by atoms with Gasteiger partial charge in [0.25, 0.3) is 0 Å². The fourth-order valence-corrected chi connectivity index (χ4v) is 4.11. The predicted molar refractivity (Wildman–Crippen MR) is 120 cm³/mol. The zero-order valence-corrected chi connectivity index (χ0v) is 17.6. The van der Waals surface area contributed by atoms with Crippen LogP contribution in [-0.4, -0.2) is 46.5 Å². The van der Waals surface area contributed by atoms with Crippen LogP contribution in [0.4, 0.5) is 5.82 Å². The largest absolute Gasteiger partial charge is 0.378 e. The highest BCUT2D eigenvalue weighted by Crippen LogP contribution is 2.36. The minimum Gasteiger partial charge on any atom is -0.378 e. The number of fused-ring (bicyclic) bond motifs is 1. The van der Waals surface area contributed by atoms with E-state index in [4.69, 9.17) is 9.72 Å². The number of benzene rings is 1. The molecule has 1 saturated heterocycles. The Morgan fingerprint density at radius 2 is 1.73 bits per heavy atom. The zero-order valence-electron chi connectivity index (χ0n) is 17.6. The second kappa shape index (κ2) is 7.54. The van der Waals surface area contributed by atoms with Gasteiger partial charge in [-0.3, -0.25) is 10.1 Å². The summed E-state index contributed by atoms with van der Waals surface area (Å²) in [6, 6.07) is 10.8. The number of pyridine rings is 2. The van der Waals surface area contributed by atoms with Gasteiger partial charge in [-0.1, -0.05) is 12.1 Å². The molecule has 6 heteroatoms. The number of nitrogens with zero attached hydrogens (tertiary/aromatic N) is 4. The first kappa shape index (κ1) is 18.8. The van der Waals surface area contributed by atoms with E-state index in [0.717, 1.165) is 54.4 Å². The van der Waals surface area contributed by atoms with Gasteiger partial charge in [0.1, 0.15) is 17.0 Å². The molecule has 0 unspecified atom stereocenters. The van der Waals surface area contributed by atoms with Crippen molar-refractivity contribution in [2.75, 3.05) is 31.2 Å². The van der Waals surface area contributed by atoms with Crippen LogP contribution in [-0.2, 0) is 4.74 Å². The number of hydrogen-bond acceptors (Lipinski definition) is 5. The van der Waals surface area contributed by atoms with E-state index >= 15 is 0 Å². The SMILES string of the molecule is Cc1cc(-c2cc(N3CCOCC3)nc3c(-c4ccn[nH]4)nccc23)cc(C)c1C. The van der Waals surface area contributed by atoms with Crippen LogP contribution in [0, 0.1) is 20.8 Å². The number of hydrogen-bond donors (Lipinski definition) is 1. The van der Waals surface area contributed by atoms with Crippen molar-refractivity contribution in [1.29, 1.82) is 0 Å². The maximum absolute atomic E-state index is 5.56. The van der Waals surface area contributed by atoms with Gasteiger partial charge in [0.2, 0.25) is 0 Å². The van der Waals surface area contributed by atoms with Crippen LogP contribution in [0.25, 0.3) is 33.4 Å². The minimum atomic E-state index is 0.720. The molecule has 1 aliphatic heterocycles. The minimum absolute atomic E-state index is 0.720. The van der Waals surface area contributed by atoms with Crippen molar-refractivity contribution in [3.8, 4) is 22.5 Å². The van der Waals surface area contributed by atoms with E-state index in [-0.39, 0.29) is 0 Å². The van der Waals surface area contributed by atoms with E-state index in [1.807, 2.05) is 12.3 Å². The van der Waals surface area contributed by atoms with Gasteiger partial charge in [0.15, 0.2) is 0 Å². The molecule has 4 aromatic rings. The van der Waals surface area contributed by atoms with Crippen LogP contribution in [0.5, 0.6) is 0 Å². The van der Waals surface area contributed by atoms with Crippen LogP contribution < -0.4 is 4.90 Å². The Balaban J connectivity index is 1.79. The Labute approximate surface area is 175 Å². The molecule has 0 bridgehead atoms. The Kier molecular flexibility index (Phi) is 4.71. The molecule has 1 fully saturated rings. The highest BCUT2D eigenvalue weighted by molar-refractivity contribution is 6.01. The van der Waals surface area contributed by atoms with E-state index in [2.05, 4.69) is 65.1 Å². The molecule has 152 valence electrons. The van der Waals surface area contributed by atoms with E-state index in [1.54, 1.807) is 6.20 Å². The highest BCUT2D eigenvalue weighted by Gasteiger charge is 2.19. The van der Waals surface area contributed by atoms with Crippen LogP contribution >= 0.6 is 0 Å². The van der Waals surface area contributed by atoms with Crippen molar-refractivity contribution >= 4 is 16.7 Å². The first-order chi connectivity index (χ1) is 14.6. The second-order valence-corrected chi connectivity index (χ2v) is 7.89. The average molecular weight is 399 g/mol. The summed E-state index contributed by atoms with van der Waals surface area (Å²) in [7, 11) is 0. The molecule has 0 atom stereocenters. The number of aromatic nitrogens is 4. The molecule has 0 radical (unpaired) electrons. The Hall–Kier alpha value is -3.25. The lowest BCUT2D eigenvalue weighted by atomic mass is 9.94. The summed E-state index contributed by atoms with van der Waals surface area (Å²) in [5.74, 6) is 0.963. The Morgan fingerprint density at radius 3 is 2.43 bits per heavy atom. The molecule has 4 heterocycles. The smallest absolute Gasteiger partial charge is 0.130 e. The summed E-state index contributed by atoms with van der Waals surface area (Å²) in [5, 5.41) is 8.25. The van der Waals surface area contributed by atoms with Crippen molar-refractivity contribution in [3.63, 3.8) is 0 Å². The number of rotatable bonds is 3. The number of H-pyrrole nitrogens is 1. The summed E-state index contributed by atoms with van der Waals surface area (Å²) in [4.78, 5) is 12.0. The van der Waals surface area contributed by atoms with Crippen molar-refractivity contribution in [3.05, 3.63) is 59.4 Å². The monoisotopic (exact) mass is 399 g/mol. The fraction of sp³-hybridized carbons (Fsp3) is 0.292. The van der Waals surface area contributed by atoms with Gasteiger partial charge in [0, 0.05) is 30.9 Å². The molecule has 1 aliphatic rings. The fourth-order valence-electron chi connectivity index (χ4n) is 4.11. The lowest BCUT2D eigenvalue weighted by Gasteiger charge is -2.28. The first-order valence-corrected chi connectivity index (χ1v) is 10.3. The zero-order chi connectivity index (χ0) is 20.7.